The van der Waals surface area contributed by atoms with Crippen LogP contribution >= 0.6 is 0 Å². The molecular weight excluding hydrogens is 356 g/mol. The number of benzene rings is 1. The van der Waals surface area contributed by atoms with Gasteiger partial charge in [0, 0.05) is 38.3 Å². The van der Waals surface area contributed by atoms with E-state index in [0.29, 0.717) is 37.5 Å². The molecule has 9 heteroatoms. The topological polar surface area (TPSA) is 93.5 Å². The highest BCUT2D eigenvalue weighted by atomic mass is 32.2. The lowest BCUT2D eigenvalue weighted by atomic mass is 9.97. The Morgan fingerprint density at radius 3 is 2.38 bits per heavy atom. The van der Waals surface area contributed by atoms with Gasteiger partial charge in [0.05, 0.1) is 12.0 Å². The highest BCUT2D eigenvalue weighted by molar-refractivity contribution is 7.89. The van der Waals surface area contributed by atoms with E-state index in [0.717, 1.165) is 0 Å². The molecule has 140 valence electrons. The number of aryl methyl sites for hydroxylation is 1. The van der Waals surface area contributed by atoms with Gasteiger partial charge in [0.25, 0.3) is 0 Å². The lowest BCUT2D eigenvalue weighted by Crippen LogP contribution is -2.41. The maximum absolute atomic E-state index is 12.7. The molecule has 0 bridgehead atoms. The van der Waals surface area contributed by atoms with Crippen molar-refractivity contribution < 1.29 is 17.9 Å². The molecule has 2 heterocycles. The van der Waals surface area contributed by atoms with Gasteiger partial charge in [-0.25, -0.2) is 8.42 Å². The van der Waals surface area contributed by atoms with Crippen molar-refractivity contribution >= 4 is 21.7 Å². The zero-order valence-corrected chi connectivity index (χ0v) is 15.6. The van der Waals surface area contributed by atoms with Crippen LogP contribution in [-0.2, 0) is 21.9 Å². The Morgan fingerprint density at radius 2 is 1.85 bits per heavy atom. The molecule has 8 nitrogen and oxygen atoms in total. The molecule has 1 amide bonds. The van der Waals surface area contributed by atoms with E-state index < -0.39 is 10.0 Å². The third-order valence-electron chi connectivity index (χ3n) is 4.49. The van der Waals surface area contributed by atoms with E-state index in [1.165, 1.54) is 23.5 Å². The van der Waals surface area contributed by atoms with Crippen molar-refractivity contribution in [3.8, 4) is 5.75 Å². The summed E-state index contributed by atoms with van der Waals surface area (Å²) in [5.41, 5.74) is 0. The van der Waals surface area contributed by atoms with Crippen LogP contribution in [0.1, 0.15) is 12.8 Å². The van der Waals surface area contributed by atoms with Crippen LogP contribution in [0, 0.1) is 5.92 Å². The fourth-order valence-electron chi connectivity index (χ4n) is 2.97. The molecule has 3 rings (SSSR count). The van der Waals surface area contributed by atoms with Gasteiger partial charge in [0.15, 0.2) is 5.82 Å². The van der Waals surface area contributed by atoms with Gasteiger partial charge >= 0.3 is 0 Å². The number of ether oxygens (including phenoxy) is 1. The largest absolute Gasteiger partial charge is 0.497 e. The molecule has 0 saturated carbocycles. The van der Waals surface area contributed by atoms with Crippen LogP contribution in [-0.4, -0.2) is 48.6 Å². The van der Waals surface area contributed by atoms with Crippen LogP contribution in [0.25, 0.3) is 0 Å². The monoisotopic (exact) mass is 378 g/mol. The number of aromatic nitrogens is 2. The number of nitrogens with zero attached hydrogens (tertiary/aromatic N) is 3. The first-order chi connectivity index (χ1) is 12.4. The van der Waals surface area contributed by atoms with Gasteiger partial charge in [-0.15, -0.1) is 0 Å². The smallest absolute Gasteiger partial charge is 0.243 e. The SMILES string of the molecule is COc1ccc(S(=O)(=O)N2CCC(C(=O)Nc3ccn(C)n3)CC2)cc1. The molecule has 1 aromatic heterocycles. The summed E-state index contributed by atoms with van der Waals surface area (Å²) in [6, 6.07) is 8.04. The number of carbonyl (C=O) groups excluding carboxylic acids is 1. The number of rotatable bonds is 5. The molecular formula is C17H22N4O4S. The summed E-state index contributed by atoms with van der Waals surface area (Å²) < 4.78 is 33.6. The van der Waals surface area contributed by atoms with E-state index >= 15 is 0 Å². The average Bonchev–Trinajstić information content (AvgIpc) is 3.06. The lowest BCUT2D eigenvalue weighted by molar-refractivity contribution is -0.120. The normalized spacial score (nSPS) is 16.4. The van der Waals surface area contributed by atoms with Gasteiger partial charge in [0.2, 0.25) is 15.9 Å². The van der Waals surface area contributed by atoms with Gasteiger partial charge in [-0.3, -0.25) is 9.48 Å². The van der Waals surface area contributed by atoms with Crippen molar-refractivity contribution in [3.63, 3.8) is 0 Å². The number of carbonyl (C=O) groups is 1. The highest BCUT2D eigenvalue weighted by Gasteiger charge is 2.32. The predicted octanol–water partition coefficient (Wildman–Crippen LogP) is 1.47. The summed E-state index contributed by atoms with van der Waals surface area (Å²) in [5, 5.41) is 6.90. The number of amides is 1. The molecule has 1 aromatic carbocycles. The first-order valence-electron chi connectivity index (χ1n) is 8.35. The summed E-state index contributed by atoms with van der Waals surface area (Å²) in [7, 11) is -0.253. The highest BCUT2D eigenvalue weighted by Crippen LogP contribution is 2.25. The van der Waals surface area contributed by atoms with E-state index in [9.17, 15) is 13.2 Å². The Bertz CT molecular complexity index is 868. The molecule has 1 aliphatic rings. The van der Waals surface area contributed by atoms with E-state index in [-0.39, 0.29) is 16.7 Å². The van der Waals surface area contributed by atoms with Gasteiger partial charge in [0.1, 0.15) is 5.75 Å². The average molecular weight is 378 g/mol. The number of hydrogen-bond donors (Lipinski definition) is 1. The van der Waals surface area contributed by atoms with Crippen molar-refractivity contribution in [1.82, 2.24) is 14.1 Å². The molecule has 2 aromatic rings. The van der Waals surface area contributed by atoms with Crippen molar-refractivity contribution in [1.29, 1.82) is 0 Å². The quantitative estimate of drug-likeness (QED) is 0.850. The molecule has 26 heavy (non-hydrogen) atoms. The van der Waals surface area contributed by atoms with Crippen molar-refractivity contribution in [2.45, 2.75) is 17.7 Å². The van der Waals surface area contributed by atoms with E-state index in [1.807, 2.05) is 0 Å². The maximum Gasteiger partial charge on any atom is 0.243 e. The predicted molar refractivity (Wildman–Crippen MR) is 96.3 cm³/mol. The van der Waals surface area contributed by atoms with Crippen molar-refractivity contribution in [2.24, 2.45) is 13.0 Å². The number of hydrogen-bond acceptors (Lipinski definition) is 5. The summed E-state index contributed by atoms with van der Waals surface area (Å²) in [5.74, 6) is 0.768. The molecule has 1 aliphatic heterocycles. The summed E-state index contributed by atoms with van der Waals surface area (Å²) >= 11 is 0. The van der Waals surface area contributed by atoms with Gasteiger partial charge in [-0.1, -0.05) is 0 Å². The number of piperidine rings is 1. The lowest BCUT2D eigenvalue weighted by Gasteiger charge is -2.30. The second-order valence-electron chi connectivity index (χ2n) is 6.22. The van der Waals surface area contributed by atoms with Gasteiger partial charge in [-0.05, 0) is 37.1 Å². The van der Waals surface area contributed by atoms with Crippen molar-refractivity contribution in [3.05, 3.63) is 36.5 Å². The maximum atomic E-state index is 12.7. The molecule has 0 atom stereocenters. The zero-order valence-electron chi connectivity index (χ0n) is 14.8. The van der Waals surface area contributed by atoms with Crippen LogP contribution in [0.2, 0.25) is 0 Å². The first kappa shape index (κ1) is 18.4. The zero-order chi connectivity index (χ0) is 18.7. The minimum atomic E-state index is -3.56. The Hall–Kier alpha value is -2.39. The number of nitrogens with one attached hydrogen (secondary N) is 1. The van der Waals surface area contributed by atoms with Crippen LogP contribution < -0.4 is 10.1 Å². The third kappa shape index (κ3) is 3.88. The molecule has 0 spiro atoms. The fourth-order valence-corrected chi connectivity index (χ4v) is 4.43. The molecule has 0 radical (unpaired) electrons. The van der Waals surface area contributed by atoms with Gasteiger partial charge in [-0.2, -0.15) is 9.40 Å². The molecule has 1 fully saturated rings. The molecule has 1 N–H and O–H groups in total. The minimum Gasteiger partial charge on any atom is -0.497 e. The first-order valence-corrected chi connectivity index (χ1v) is 9.79. The van der Waals surface area contributed by atoms with E-state index in [4.69, 9.17) is 4.74 Å². The Balaban J connectivity index is 1.60. The second-order valence-corrected chi connectivity index (χ2v) is 8.16. The molecule has 1 saturated heterocycles. The molecule has 0 aliphatic carbocycles. The summed E-state index contributed by atoms with van der Waals surface area (Å²) in [6.45, 7) is 0.628. The Kier molecular flexibility index (Phi) is 5.28. The number of anilines is 1. The van der Waals surface area contributed by atoms with Crippen LogP contribution in [0.3, 0.4) is 0 Å². The fraction of sp³-hybridized carbons (Fsp3) is 0.412. The van der Waals surface area contributed by atoms with E-state index in [2.05, 4.69) is 10.4 Å². The third-order valence-corrected chi connectivity index (χ3v) is 6.40. The van der Waals surface area contributed by atoms with Crippen LogP contribution in [0.4, 0.5) is 5.82 Å². The Labute approximate surface area is 152 Å². The Morgan fingerprint density at radius 1 is 1.19 bits per heavy atom. The van der Waals surface area contributed by atoms with Crippen LogP contribution in [0.5, 0.6) is 5.75 Å². The molecule has 0 unspecified atom stereocenters. The number of methoxy groups -OCH3 is 1. The summed E-state index contributed by atoms with van der Waals surface area (Å²) in [6.07, 6.45) is 2.71. The second kappa shape index (κ2) is 7.46. The number of sulfonamides is 1. The van der Waals surface area contributed by atoms with Gasteiger partial charge < -0.3 is 10.1 Å². The van der Waals surface area contributed by atoms with Crippen molar-refractivity contribution in [2.75, 3.05) is 25.5 Å². The minimum absolute atomic E-state index is 0.120. The van der Waals surface area contributed by atoms with E-state index in [1.54, 1.807) is 36.1 Å². The summed E-state index contributed by atoms with van der Waals surface area (Å²) in [4.78, 5) is 12.6. The standard InChI is InChI=1S/C17H22N4O4S/c1-20-10-9-16(19-20)18-17(22)13-7-11-21(12-8-13)26(23,24)15-5-3-14(25-2)4-6-15/h3-6,9-10,13H,7-8,11-12H2,1-2H3,(H,18,19,22). The van der Waals surface area contributed by atoms with Crippen LogP contribution in [0.15, 0.2) is 41.4 Å².